The van der Waals surface area contributed by atoms with Gasteiger partial charge >= 0.3 is 6.18 Å². The third-order valence-electron chi connectivity index (χ3n) is 2.33. The van der Waals surface area contributed by atoms with E-state index in [-0.39, 0.29) is 5.69 Å². The predicted octanol–water partition coefficient (Wildman–Crippen LogP) is 2.81. The molecule has 0 radical (unpaired) electrons. The highest BCUT2D eigenvalue weighted by Gasteiger charge is 2.32. The Hall–Kier alpha value is -1.85. The molecule has 0 amide bonds. The summed E-state index contributed by atoms with van der Waals surface area (Å²) in [6.07, 6.45) is -2.77. The van der Waals surface area contributed by atoms with Gasteiger partial charge in [0.15, 0.2) is 0 Å². The average molecular weight is 241 g/mol. The minimum atomic E-state index is -4.42. The van der Waals surface area contributed by atoms with Gasteiger partial charge in [-0.3, -0.25) is 4.68 Å². The zero-order chi connectivity index (χ0) is 12.6. The molecule has 0 aliphatic rings. The largest absolute Gasteiger partial charge is 0.433 e. The summed E-state index contributed by atoms with van der Waals surface area (Å²) >= 11 is 0. The predicted molar refractivity (Wildman–Crippen MR) is 56.2 cm³/mol. The molecule has 0 atom stereocenters. The van der Waals surface area contributed by atoms with Crippen molar-refractivity contribution in [2.75, 3.05) is 0 Å². The van der Waals surface area contributed by atoms with E-state index in [1.54, 1.807) is 30.9 Å². The third kappa shape index (κ3) is 2.30. The van der Waals surface area contributed by atoms with Crippen LogP contribution in [0.15, 0.2) is 24.4 Å². The molecular formula is C11H10F3N3. The number of hydrogen-bond donors (Lipinski definition) is 0. The molecule has 0 spiro atoms. The van der Waals surface area contributed by atoms with Crippen LogP contribution in [0.1, 0.15) is 11.4 Å². The second kappa shape index (κ2) is 3.87. The van der Waals surface area contributed by atoms with Gasteiger partial charge in [0.2, 0.25) is 0 Å². The topological polar surface area (TPSA) is 30.7 Å². The molecule has 2 aromatic heterocycles. The second-order valence-corrected chi connectivity index (χ2v) is 3.71. The molecule has 0 saturated carbocycles. The molecule has 0 saturated heterocycles. The van der Waals surface area contributed by atoms with Crippen molar-refractivity contribution >= 4 is 0 Å². The first kappa shape index (κ1) is 11.6. The molecule has 0 unspecified atom stereocenters. The van der Waals surface area contributed by atoms with Crippen LogP contribution in [0.25, 0.3) is 11.3 Å². The third-order valence-corrected chi connectivity index (χ3v) is 2.33. The fraction of sp³-hybridized carbons (Fsp3) is 0.273. The van der Waals surface area contributed by atoms with E-state index in [9.17, 15) is 13.2 Å². The van der Waals surface area contributed by atoms with Crippen molar-refractivity contribution in [3.8, 4) is 11.3 Å². The first-order chi connectivity index (χ1) is 7.88. The Morgan fingerprint density at radius 1 is 1.24 bits per heavy atom. The lowest BCUT2D eigenvalue weighted by atomic mass is 10.1. The highest BCUT2D eigenvalue weighted by molar-refractivity contribution is 5.60. The minimum Gasteiger partial charge on any atom is -0.275 e. The maximum absolute atomic E-state index is 12.5. The molecule has 0 aliphatic carbocycles. The van der Waals surface area contributed by atoms with Gasteiger partial charge in [0.05, 0.1) is 11.4 Å². The molecule has 2 aromatic rings. The summed E-state index contributed by atoms with van der Waals surface area (Å²) in [4.78, 5) is 3.61. The molecule has 0 N–H and O–H groups in total. The van der Waals surface area contributed by atoms with E-state index >= 15 is 0 Å². The lowest BCUT2D eigenvalue weighted by molar-refractivity contribution is -0.141. The number of rotatable bonds is 1. The summed E-state index contributed by atoms with van der Waals surface area (Å²) in [5, 5.41) is 4.07. The number of halogens is 3. The zero-order valence-corrected chi connectivity index (χ0v) is 9.28. The number of nitrogens with zero attached hydrogens (tertiary/aromatic N) is 3. The fourth-order valence-electron chi connectivity index (χ4n) is 1.59. The summed E-state index contributed by atoms with van der Waals surface area (Å²) in [5.41, 5.74) is 0.654. The molecule has 17 heavy (non-hydrogen) atoms. The molecule has 0 aromatic carbocycles. The van der Waals surface area contributed by atoms with E-state index in [0.717, 1.165) is 6.07 Å². The van der Waals surface area contributed by atoms with Gasteiger partial charge in [0.25, 0.3) is 0 Å². The van der Waals surface area contributed by atoms with E-state index in [2.05, 4.69) is 10.1 Å². The van der Waals surface area contributed by atoms with Crippen LogP contribution >= 0.6 is 0 Å². The molecule has 0 bridgehead atoms. The van der Waals surface area contributed by atoms with Crippen molar-refractivity contribution in [1.82, 2.24) is 14.8 Å². The van der Waals surface area contributed by atoms with Gasteiger partial charge in [0.1, 0.15) is 5.69 Å². The lowest BCUT2D eigenvalue weighted by Crippen LogP contribution is -2.08. The Balaban J connectivity index is 2.50. The van der Waals surface area contributed by atoms with E-state index in [1.165, 1.54) is 6.07 Å². The van der Waals surface area contributed by atoms with Gasteiger partial charge in [-0.05, 0) is 19.1 Å². The van der Waals surface area contributed by atoms with Gasteiger partial charge in [-0.25, -0.2) is 4.98 Å². The van der Waals surface area contributed by atoms with Crippen LogP contribution in [0.5, 0.6) is 0 Å². The number of hydrogen-bond acceptors (Lipinski definition) is 2. The SMILES string of the molecule is Cc1nn(C)cc1-c1cccc(C(F)(F)F)n1. The Kier molecular flexibility index (Phi) is 2.65. The van der Waals surface area contributed by atoms with E-state index in [4.69, 9.17) is 0 Å². The normalized spacial score (nSPS) is 11.8. The Morgan fingerprint density at radius 2 is 1.94 bits per heavy atom. The van der Waals surface area contributed by atoms with Crippen molar-refractivity contribution in [3.63, 3.8) is 0 Å². The van der Waals surface area contributed by atoms with E-state index < -0.39 is 11.9 Å². The quantitative estimate of drug-likeness (QED) is 0.768. The Bertz CT molecular complexity index is 543. The summed E-state index contributed by atoms with van der Waals surface area (Å²) in [6.45, 7) is 1.73. The molecule has 6 heteroatoms. The number of alkyl halides is 3. The Labute approximate surface area is 95.9 Å². The molecule has 2 heterocycles. The highest BCUT2D eigenvalue weighted by Crippen LogP contribution is 2.29. The van der Waals surface area contributed by atoms with Crippen molar-refractivity contribution < 1.29 is 13.2 Å². The second-order valence-electron chi connectivity index (χ2n) is 3.71. The van der Waals surface area contributed by atoms with Gasteiger partial charge in [0, 0.05) is 18.8 Å². The zero-order valence-electron chi connectivity index (χ0n) is 9.28. The lowest BCUT2D eigenvalue weighted by Gasteiger charge is -2.06. The molecule has 90 valence electrons. The molecular weight excluding hydrogens is 231 g/mol. The molecule has 3 nitrogen and oxygen atoms in total. The van der Waals surface area contributed by atoms with Crippen molar-refractivity contribution in [3.05, 3.63) is 35.8 Å². The monoisotopic (exact) mass is 241 g/mol. The molecule has 0 aliphatic heterocycles. The maximum atomic E-state index is 12.5. The van der Waals surface area contributed by atoms with Gasteiger partial charge in [-0.1, -0.05) is 6.07 Å². The molecule has 0 fully saturated rings. The van der Waals surface area contributed by atoms with Crippen LogP contribution in [0.4, 0.5) is 13.2 Å². The maximum Gasteiger partial charge on any atom is 0.433 e. The standard InChI is InChI=1S/C11H10F3N3/c1-7-8(6-17(2)16-7)9-4-3-5-10(15-9)11(12,13)14/h3-6H,1-2H3. The summed E-state index contributed by atoms with van der Waals surface area (Å²) in [5.74, 6) is 0. The van der Waals surface area contributed by atoms with Crippen LogP contribution in [0.3, 0.4) is 0 Å². The highest BCUT2D eigenvalue weighted by atomic mass is 19.4. The first-order valence-corrected chi connectivity index (χ1v) is 4.93. The summed E-state index contributed by atoms with van der Waals surface area (Å²) in [7, 11) is 1.71. The molecule has 2 rings (SSSR count). The van der Waals surface area contributed by atoms with Gasteiger partial charge < -0.3 is 0 Å². The number of aryl methyl sites for hydroxylation is 2. The smallest absolute Gasteiger partial charge is 0.275 e. The average Bonchev–Trinajstić information content (AvgIpc) is 2.57. The van der Waals surface area contributed by atoms with Crippen molar-refractivity contribution in [2.45, 2.75) is 13.1 Å². The van der Waals surface area contributed by atoms with Crippen molar-refractivity contribution in [2.24, 2.45) is 7.05 Å². The van der Waals surface area contributed by atoms with Crippen LogP contribution < -0.4 is 0 Å². The minimum absolute atomic E-state index is 0.283. The van der Waals surface area contributed by atoms with Crippen LogP contribution in [0, 0.1) is 6.92 Å². The fourth-order valence-corrected chi connectivity index (χ4v) is 1.59. The van der Waals surface area contributed by atoms with Gasteiger partial charge in [-0.2, -0.15) is 18.3 Å². The van der Waals surface area contributed by atoms with Crippen LogP contribution in [0.2, 0.25) is 0 Å². The first-order valence-electron chi connectivity index (χ1n) is 4.93. The van der Waals surface area contributed by atoms with Gasteiger partial charge in [-0.15, -0.1) is 0 Å². The summed E-state index contributed by atoms with van der Waals surface area (Å²) in [6, 6.07) is 3.84. The van der Waals surface area contributed by atoms with Crippen LogP contribution in [-0.2, 0) is 13.2 Å². The van der Waals surface area contributed by atoms with Crippen molar-refractivity contribution in [1.29, 1.82) is 0 Å². The van der Waals surface area contributed by atoms with E-state index in [0.29, 0.717) is 11.3 Å². The number of pyridine rings is 1. The van der Waals surface area contributed by atoms with E-state index in [1.807, 2.05) is 0 Å². The summed E-state index contributed by atoms with van der Waals surface area (Å²) < 4.78 is 39.1. The van der Waals surface area contributed by atoms with Crippen LogP contribution in [-0.4, -0.2) is 14.8 Å². The number of aromatic nitrogens is 3. The Morgan fingerprint density at radius 3 is 2.47 bits per heavy atom.